The van der Waals surface area contributed by atoms with Crippen LogP contribution in [-0.4, -0.2) is 38.8 Å². The largest absolute Gasteiger partial charge is 0.364 e. The van der Waals surface area contributed by atoms with Gasteiger partial charge in [-0.25, -0.2) is 9.97 Å². The number of carbonyl (C=O) groups excluding carboxylic acids is 1. The van der Waals surface area contributed by atoms with Gasteiger partial charge in [0.15, 0.2) is 0 Å². The Morgan fingerprint density at radius 1 is 0.971 bits per heavy atom. The van der Waals surface area contributed by atoms with E-state index in [1.54, 1.807) is 24.7 Å². The zero-order valence-corrected chi connectivity index (χ0v) is 21.8. The van der Waals surface area contributed by atoms with Crippen LogP contribution in [0.1, 0.15) is 21.6 Å². The van der Waals surface area contributed by atoms with Crippen LogP contribution in [0.25, 0.3) is 11.1 Å². The second kappa shape index (κ2) is 12.8. The summed E-state index contributed by atoms with van der Waals surface area (Å²) in [5.41, 5.74) is 5.94. The third-order valence-corrected chi connectivity index (χ3v) is 6.02. The molecule has 1 N–H and O–H groups in total. The summed E-state index contributed by atoms with van der Waals surface area (Å²) in [7, 11) is 0. The van der Waals surface area contributed by atoms with E-state index in [2.05, 4.69) is 50.2 Å². The number of anilines is 1. The molecule has 0 radical (unpaired) electrons. The average molecular weight is 553 g/mol. The molecule has 1 amide bonds. The first-order valence-corrected chi connectivity index (χ1v) is 10.9. The number of fused-ring (bicyclic) bond motifs is 1. The van der Waals surface area contributed by atoms with Crippen LogP contribution >= 0.6 is 48.8 Å². The monoisotopic (exact) mass is 551 g/mol. The molecule has 0 saturated carbocycles. The summed E-state index contributed by atoms with van der Waals surface area (Å²) in [4.78, 5) is 28.9. The molecular weight excluding hydrogens is 528 g/mol. The molecule has 0 bridgehead atoms. The van der Waals surface area contributed by atoms with Crippen LogP contribution < -0.4 is 4.90 Å². The number of nitrogens with zero attached hydrogens (tertiary/aromatic N) is 4. The minimum atomic E-state index is -0.109. The number of hydrogen-bond donors (Lipinski definition) is 1. The van der Waals surface area contributed by atoms with E-state index in [-0.39, 0.29) is 48.3 Å². The fourth-order valence-electron chi connectivity index (χ4n) is 4.11. The molecule has 0 atom stereocenters. The molecule has 0 unspecified atom stereocenters. The third kappa shape index (κ3) is 6.27. The van der Waals surface area contributed by atoms with Gasteiger partial charge in [0.25, 0.3) is 5.91 Å². The van der Waals surface area contributed by atoms with Crippen LogP contribution in [-0.2, 0) is 13.1 Å². The molecule has 2 aromatic heterocycles. The van der Waals surface area contributed by atoms with Crippen LogP contribution in [0.5, 0.6) is 0 Å². The van der Waals surface area contributed by atoms with Crippen molar-refractivity contribution in [3.63, 3.8) is 0 Å². The number of nitrogens with one attached hydrogen (secondary N) is 1. The number of benzene rings is 2. The van der Waals surface area contributed by atoms with Gasteiger partial charge in [0.1, 0.15) is 5.15 Å². The topological polar surface area (TPSA) is 65.1 Å². The first kappa shape index (κ1) is 28.5. The first-order chi connectivity index (χ1) is 15.7. The number of aromatic nitrogens is 3. The maximum atomic E-state index is 13.3. The lowest BCUT2D eigenvalue weighted by molar-refractivity contribution is 0.0751. The van der Waals surface area contributed by atoms with E-state index in [0.29, 0.717) is 31.7 Å². The zero-order chi connectivity index (χ0) is 21.9. The number of pyridine rings is 1. The van der Waals surface area contributed by atoms with Crippen molar-refractivity contribution in [1.82, 2.24) is 19.9 Å². The second-order valence-corrected chi connectivity index (χ2v) is 8.13. The SMILES string of the molecule is Cl.Cl.Cl.O=C(c1cccnc1Cl)N1CCN(Cc2cnc[nH]2)c2ccc(-c3ccccc3)cc2C1. The van der Waals surface area contributed by atoms with E-state index in [1.807, 2.05) is 29.3 Å². The summed E-state index contributed by atoms with van der Waals surface area (Å²) in [6.07, 6.45) is 5.11. The molecule has 184 valence electrons. The summed E-state index contributed by atoms with van der Waals surface area (Å²) < 4.78 is 0. The van der Waals surface area contributed by atoms with Crippen molar-refractivity contribution in [1.29, 1.82) is 0 Å². The van der Waals surface area contributed by atoms with Crippen molar-refractivity contribution in [2.24, 2.45) is 0 Å². The highest BCUT2D eigenvalue weighted by molar-refractivity contribution is 6.32. The van der Waals surface area contributed by atoms with Crippen molar-refractivity contribution in [3.05, 3.63) is 101 Å². The summed E-state index contributed by atoms with van der Waals surface area (Å²) in [6.45, 7) is 2.46. The molecule has 5 rings (SSSR count). The molecule has 0 saturated heterocycles. The normalized spacial score (nSPS) is 12.4. The van der Waals surface area contributed by atoms with E-state index in [1.165, 1.54) is 0 Å². The Morgan fingerprint density at radius 3 is 2.49 bits per heavy atom. The third-order valence-electron chi connectivity index (χ3n) is 5.72. The molecule has 2 aromatic carbocycles. The number of imidazole rings is 1. The second-order valence-electron chi connectivity index (χ2n) is 7.78. The van der Waals surface area contributed by atoms with Gasteiger partial charge in [-0.3, -0.25) is 4.79 Å². The van der Waals surface area contributed by atoms with Crippen molar-refractivity contribution in [3.8, 4) is 11.1 Å². The highest BCUT2D eigenvalue weighted by Gasteiger charge is 2.26. The molecule has 35 heavy (non-hydrogen) atoms. The minimum absolute atomic E-state index is 0. The summed E-state index contributed by atoms with van der Waals surface area (Å²) >= 11 is 6.23. The number of hydrogen-bond acceptors (Lipinski definition) is 4. The Labute approximate surface area is 228 Å². The van der Waals surface area contributed by atoms with Crippen molar-refractivity contribution < 1.29 is 4.79 Å². The molecule has 3 heterocycles. The number of rotatable bonds is 4. The van der Waals surface area contributed by atoms with Crippen LogP contribution in [0.3, 0.4) is 0 Å². The molecule has 0 aliphatic carbocycles. The Bertz CT molecular complexity index is 1240. The highest BCUT2D eigenvalue weighted by Crippen LogP contribution is 2.32. The Morgan fingerprint density at radius 2 is 1.77 bits per heavy atom. The number of H-pyrrole nitrogens is 1. The summed E-state index contributed by atoms with van der Waals surface area (Å²) in [5.74, 6) is -0.109. The molecular formula is C25H25Cl4N5O. The van der Waals surface area contributed by atoms with Gasteiger partial charge in [0, 0.05) is 37.7 Å². The quantitative estimate of drug-likeness (QED) is 0.313. The highest BCUT2D eigenvalue weighted by atomic mass is 35.5. The maximum absolute atomic E-state index is 13.3. The first-order valence-electron chi connectivity index (χ1n) is 10.5. The van der Waals surface area contributed by atoms with Gasteiger partial charge in [-0.2, -0.15) is 0 Å². The molecule has 10 heteroatoms. The van der Waals surface area contributed by atoms with E-state index in [4.69, 9.17) is 11.6 Å². The number of aromatic amines is 1. The van der Waals surface area contributed by atoms with Gasteiger partial charge in [-0.15, -0.1) is 37.2 Å². The predicted molar refractivity (Wildman–Crippen MR) is 147 cm³/mol. The molecule has 0 fully saturated rings. The van der Waals surface area contributed by atoms with Gasteiger partial charge in [-0.05, 0) is 41.0 Å². The smallest absolute Gasteiger partial charge is 0.257 e. The molecule has 1 aliphatic heterocycles. The van der Waals surface area contributed by atoms with Crippen LogP contribution in [0, 0.1) is 0 Å². The molecule has 0 spiro atoms. The lowest BCUT2D eigenvalue weighted by Crippen LogP contribution is -2.35. The lowest BCUT2D eigenvalue weighted by atomic mass is 10.0. The van der Waals surface area contributed by atoms with E-state index in [0.717, 1.165) is 28.1 Å². The van der Waals surface area contributed by atoms with Crippen LogP contribution in [0.2, 0.25) is 5.15 Å². The van der Waals surface area contributed by atoms with Gasteiger partial charge in [-0.1, -0.05) is 48.0 Å². The predicted octanol–water partition coefficient (Wildman–Crippen LogP) is 6.05. The van der Waals surface area contributed by atoms with E-state index >= 15 is 0 Å². The lowest BCUT2D eigenvalue weighted by Gasteiger charge is -2.24. The zero-order valence-electron chi connectivity index (χ0n) is 18.6. The van der Waals surface area contributed by atoms with Gasteiger partial charge in [0.2, 0.25) is 0 Å². The standard InChI is InChI=1S/C25H22ClN5O.3ClH/c26-24-22(7-4-10-28-24)25(32)31-12-11-30(16-21-14-27-17-29-21)23-9-8-19(13-20(23)15-31)18-5-2-1-3-6-18;;;/h1-10,13-14,17H,11-12,15-16H2,(H,27,29);3*1H. The summed E-state index contributed by atoms with van der Waals surface area (Å²) in [6, 6.07) is 20.2. The van der Waals surface area contributed by atoms with E-state index < -0.39 is 0 Å². The number of amides is 1. The molecule has 4 aromatic rings. The Kier molecular flexibility index (Phi) is 10.4. The minimum Gasteiger partial charge on any atom is -0.364 e. The van der Waals surface area contributed by atoms with Crippen molar-refractivity contribution >= 4 is 60.4 Å². The number of carbonyl (C=O) groups is 1. The molecule has 6 nitrogen and oxygen atoms in total. The van der Waals surface area contributed by atoms with Crippen molar-refractivity contribution in [2.75, 3.05) is 18.0 Å². The van der Waals surface area contributed by atoms with Gasteiger partial charge in [0.05, 0.1) is 24.1 Å². The summed E-state index contributed by atoms with van der Waals surface area (Å²) in [5, 5.41) is 0.231. The fraction of sp³-hybridized carbons (Fsp3) is 0.160. The van der Waals surface area contributed by atoms with Crippen LogP contribution in [0.4, 0.5) is 5.69 Å². The fourth-order valence-corrected chi connectivity index (χ4v) is 4.31. The van der Waals surface area contributed by atoms with Gasteiger partial charge < -0.3 is 14.8 Å². The van der Waals surface area contributed by atoms with E-state index in [9.17, 15) is 4.79 Å². The number of halogens is 4. The maximum Gasteiger partial charge on any atom is 0.257 e. The Balaban J connectivity index is 0.00000144. The van der Waals surface area contributed by atoms with Gasteiger partial charge >= 0.3 is 0 Å². The average Bonchev–Trinajstić information content (AvgIpc) is 3.27. The van der Waals surface area contributed by atoms with Crippen molar-refractivity contribution in [2.45, 2.75) is 13.1 Å². The Hall–Kier alpha value is -2.77. The van der Waals surface area contributed by atoms with Crippen LogP contribution in [0.15, 0.2) is 79.4 Å². The molecule has 1 aliphatic rings.